The Bertz CT molecular complexity index is 621. The molecule has 1 amide bonds. The van der Waals surface area contributed by atoms with Gasteiger partial charge in [-0.05, 0) is 24.6 Å². The summed E-state index contributed by atoms with van der Waals surface area (Å²) >= 11 is 5.49. The molecule has 0 bridgehead atoms. The quantitative estimate of drug-likeness (QED) is 0.491. The summed E-state index contributed by atoms with van der Waals surface area (Å²) in [7, 11) is 0. The van der Waals surface area contributed by atoms with Gasteiger partial charge in [-0.25, -0.2) is 0 Å². The van der Waals surface area contributed by atoms with Gasteiger partial charge in [0.1, 0.15) is 11.6 Å². The zero-order valence-corrected chi connectivity index (χ0v) is 12.3. The Morgan fingerprint density at radius 2 is 2.14 bits per heavy atom. The average Bonchev–Trinajstić information content (AvgIpc) is 2.44. The van der Waals surface area contributed by atoms with Crippen molar-refractivity contribution < 1.29 is 18.0 Å². The number of nitrogens with one attached hydrogen (secondary N) is 2. The number of amides is 1. The second-order valence-electron chi connectivity index (χ2n) is 4.27. The van der Waals surface area contributed by atoms with E-state index < -0.39 is 22.7 Å². The van der Waals surface area contributed by atoms with Gasteiger partial charge >= 0.3 is 6.18 Å². The van der Waals surface area contributed by atoms with Crippen molar-refractivity contribution in [1.82, 2.24) is 5.32 Å². The third-order valence-electron chi connectivity index (χ3n) is 2.54. The molecular weight excluding hydrogens is 319 g/mol. The Balaban J connectivity index is 2.93. The van der Waals surface area contributed by atoms with E-state index in [1.807, 2.05) is 6.92 Å². The lowest BCUT2D eigenvalue weighted by Crippen LogP contribution is -2.17. The topological polar surface area (TPSA) is 64.9 Å². The first-order valence-corrected chi connectivity index (χ1v) is 6.69. The van der Waals surface area contributed by atoms with Gasteiger partial charge in [0.25, 0.3) is 5.91 Å². The lowest BCUT2D eigenvalue weighted by atomic mass is 10.2. The van der Waals surface area contributed by atoms with Crippen LogP contribution in [0.25, 0.3) is 0 Å². The number of alkyl halides is 3. The molecule has 0 spiro atoms. The van der Waals surface area contributed by atoms with E-state index in [4.69, 9.17) is 16.9 Å². The monoisotopic (exact) mass is 331 g/mol. The van der Waals surface area contributed by atoms with Crippen LogP contribution in [0, 0.1) is 11.3 Å². The first-order chi connectivity index (χ1) is 10.3. The summed E-state index contributed by atoms with van der Waals surface area (Å²) < 4.78 is 38.2. The molecular formula is C14H13ClF3N3O. The first kappa shape index (κ1) is 17.9. The number of rotatable bonds is 5. The zero-order chi connectivity index (χ0) is 16.8. The summed E-state index contributed by atoms with van der Waals surface area (Å²) in [6.07, 6.45) is -2.61. The Labute approximate surface area is 130 Å². The molecule has 0 atom stereocenters. The molecule has 0 aliphatic carbocycles. The number of hydrogen-bond acceptors (Lipinski definition) is 3. The Morgan fingerprint density at radius 1 is 1.45 bits per heavy atom. The minimum Gasteiger partial charge on any atom is -0.390 e. The highest BCUT2D eigenvalue weighted by Crippen LogP contribution is 2.36. The molecule has 0 radical (unpaired) electrons. The molecule has 22 heavy (non-hydrogen) atoms. The third kappa shape index (κ3) is 4.97. The molecule has 2 N–H and O–H groups in total. The van der Waals surface area contributed by atoms with Crippen LogP contribution in [0.3, 0.4) is 0 Å². The van der Waals surface area contributed by atoms with E-state index in [2.05, 4.69) is 10.6 Å². The molecule has 1 aromatic rings. The second-order valence-corrected chi connectivity index (χ2v) is 4.68. The second kappa shape index (κ2) is 7.71. The van der Waals surface area contributed by atoms with E-state index in [9.17, 15) is 18.0 Å². The van der Waals surface area contributed by atoms with Crippen molar-refractivity contribution in [2.24, 2.45) is 0 Å². The Kier molecular flexibility index (Phi) is 6.25. The van der Waals surface area contributed by atoms with Crippen molar-refractivity contribution in [2.45, 2.75) is 19.5 Å². The van der Waals surface area contributed by atoms with Crippen LogP contribution in [0.2, 0.25) is 5.02 Å². The van der Waals surface area contributed by atoms with Crippen molar-refractivity contribution >= 4 is 23.2 Å². The molecule has 0 saturated carbocycles. The Morgan fingerprint density at radius 3 is 2.68 bits per heavy atom. The summed E-state index contributed by atoms with van der Waals surface area (Å²) in [6.45, 7) is 2.47. The van der Waals surface area contributed by atoms with Crippen molar-refractivity contribution in [2.75, 3.05) is 11.9 Å². The van der Waals surface area contributed by atoms with Crippen molar-refractivity contribution in [3.05, 3.63) is 40.6 Å². The number of halogens is 4. The zero-order valence-electron chi connectivity index (χ0n) is 11.6. The van der Waals surface area contributed by atoms with Gasteiger partial charge in [0, 0.05) is 18.4 Å². The Hall–Kier alpha value is -2.20. The molecule has 1 rings (SSSR count). The van der Waals surface area contributed by atoms with Gasteiger partial charge < -0.3 is 10.6 Å². The molecule has 4 nitrogen and oxygen atoms in total. The fraction of sp³-hybridized carbons (Fsp3) is 0.286. The molecule has 118 valence electrons. The molecule has 0 unspecified atom stereocenters. The largest absolute Gasteiger partial charge is 0.417 e. The van der Waals surface area contributed by atoms with Crippen LogP contribution in [0.4, 0.5) is 18.9 Å². The van der Waals surface area contributed by atoms with Crippen LogP contribution in [-0.2, 0) is 11.0 Å². The number of carbonyl (C=O) groups excluding carboxylic acids is 1. The highest BCUT2D eigenvalue weighted by molar-refractivity contribution is 6.31. The van der Waals surface area contributed by atoms with Gasteiger partial charge in [-0.2, -0.15) is 18.4 Å². The molecule has 0 aromatic heterocycles. The van der Waals surface area contributed by atoms with Gasteiger partial charge in [0.15, 0.2) is 0 Å². The standard InChI is InChI=1S/C14H13ClF3N3O/c1-2-5-20-8-9(7-19)13(22)21-10-3-4-12(15)11(6-10)14(16,17)18/h3-4,6,8,20H,2,5H2,1H3,(H,21,22)/b9-8-. The molecule has 0 fully saturated rings. The van der Waals surface area contributed by atoms with Crippen molar-refractivity contribution in [3.63, 3.8) is 0 Å². The minimum atomic E-state index is -4.63. The van der Waals surface area contributed by atoms with E-state index in [1.54, 1.807) is 6.07 Å². The smallest absolute Gasteiger partial charge is 0.390 e. The summed E-state index contributed by atoms with van der Waals surface area (Å²) in [4.78, 5) is 11.8. The summed E-state index contributed by atoms with van der Waals surface area (Å²) in [6, 6.07) is 4.65. The van der Waals surface area contributed by atoms with Crippen molar-refractivity contribution in [1.29, 1.82) is 5.26 Å². The van der Waals surface area contributed by atoms with Crippen LogP contribution in [-0.4, -0.2) is 12.5 Å². The molecule has 0 saturated heterocycles. The van der Waals surface area contributed by atoms with E-state index in [1.165, 1.54) is 12.3 Å². The van der Waals surface area contributed by atoms with Crippen LogP contribution < -0.4 is 10.6 Å². The van der Waals surface area contributed by atoms with Gasteiger partial charge in [-0.1, -0.05) is 18.5 Å². The number of nitriles is 1. The van der Waals surface area contributed by atoms with Gasteiger partial charge in [0.05, 0.1) is 10.6 Å². The first-order valence-electron chi connectivity index (χ1n) is 6.31. The third-order valence-corrected chi connectivity index (χ3v) is 2.87. The minimum absolute atomic E-state index is 0.0987. The summed E-state index contributed by atoms with van der Waals surface area (Å²) in [5.74, 6) is -0.804. The normalized spacial score (nSPS) is 11.7. The van der Waals surface area contributed by atoms with E-state index in [-0.39, 0.29) is 11.3 Å². The average molecular weight is 332 g/mol. The lowest BCUT2D eigenvalue weighted by molar-refractivity contribution is -0.137. The van der Waals surface area contributed by atoms with Crippen molar-refractivity contribution in [3.8, 4) is 6.07 Å². The lowest BCUT2D eigenvalue weighted by Gasteiger charge is -2.11. The number of anilines is 1. The SMILES string of the molecule is CCCN/C=C(/C#N)C(=O)Nc1ccc(Cl)c(C(F)(F)F)c1. The fourth-order valence-electron chi connectivity index (χ4n) is 1.49. The fourth-order valence-corrected chi connectivity index (χ4v) is 1.71. The van der Waals surface area contributed by atoms with Crippen LogP contribution in [0.1, 0.15) is 18.9 Å². The van der Waals surface area contributed by atoms with Gasteiger partial charge in [-0.15, -0.1) is 0 Å². The maximum absolute atomic E-state index is 12.7. The van der Waals surface area contributed by atoms with E-state index in [0.717, 1.165) is 12.5 Å². The van der Waals surface area contributed by atoms with Gasteiger partial charge in [-0.3, -0.25) is 4.79 Å². The maximum atomic E-state index is 12.7. The van der Waals surface area contributed by atoms with Gasteiger partial charge in [0.2, 0.25) is 0 Å². The summed E-state index contributed by atoms with van der Waals surface area (Å²) in [5, 5.41) is 13.4. The predicted octanol–water partition coefficient (Wildman–Crippen LogP) is 3.70. The molecule has 1 aromatic carbocycles. The molecule has 0 aliphatic heterocycles. The number of hydrogen-bond donors (Lipinski definition) is 2. The number of nitrogens with zero attached hydrogens (tertiary/aromatic N) is 1. The number of carbonyl (C=O) groups is 1. The highest BCUT2D eigenvalue weighted by Gasteiger charge is 2.33. The maximum Gasteiger partial charge on any atom is 0.417 e. The molecule has 8 heteroatoms. The summed E-state index contributed by atoms with van der Waals surface area (Å²) in [5.41, 5.74) is -1.39. The highest BCUT2D eigenvalue weighted by atomic mass is 35.5. The predicted molar refractivity (Wildman–Crippen MR) is 77.1 cm³/mol. The molecule has 0 aliphatic rings. The number of benzene rings is 1. The van der Waals surface area contributed by atoms with Crippen LogP contribution in [0.15, 0.2) is 30.0 Å². The van der Waals surface area contributed by atoms with E-state index >= 15 is 0 Å². The molecule has 0 heterocycles. The van der Waals surface area contributed by atoms with E-state index in [0.29, 0.717) is 12.6 Å². The van der Waals surface area contributed by atoms with Crippen LogP contribution in [0.5, 0.6) is 0 Å². The van der Waals surface area contributed by atoms with Crippen LogP contribution >= 0.6 is 11.6 Å².